The smallest absolute Gasteiger partial charge is 0.226 e. The summed E-state index contributed by atoms with van der Waals surface area (Å²) in [5, 5.41) is 2.93. The molecule has 1 atom stereocenters. The minimum Gasteiger partial charge on any atom is -0.326 e. The number of rotatable bonds is 4. The van der Waals surface area contributed by atoms with E-state index >= 15 is 0 Å². The maximum atomic E-state index is 12.1. The average molecular weight is 268 g/mol. The van der Waals surface area contributed by atoms with Crippen LogP contribution in [0.2, 0.25) is 0 Å². The molecule has 0 saturated carbocycles. The van der Waals surface area contributed by atoms with E-state index < -0.39 is 0 Å². The molecule has 2 aromatic carbocycles. The first-order valence-electron chi connectivity index (χ1n) is 6.74. The summed E-state index contributed by atoms with van der Waals surface area (Å²) in [5.74, 6) is -0.0601. The fraction of sp³-hybridized carbons (Fsp3) is 0.235. The Morgan fingerprint density at radius 1 is 1.10 bits per heavy atom. The molecule has 20 heavy (non-hydrogen) atoms. The van der Waals surface area contributed by atoms with Crippen LogP contribution in [0.5, 0.6) is 0 Å². The highest BCUT2D eigenvalue weighted by Crippen LogP contribution is 2.19. The van der Waals surface area contributed by atoms with Crippen LogP contribution in [0.3, 0.4) is 0 Å². The first kappa shape index (κ1) is 14.3. The van der Waals surface area contributed by atoms with Crippen LogP contribution in [0.1, 0.15) is 29.2 Å². The lowest BCUT2D eigenvalue weighted by Gasteiger charge is -2.14. The molecular weight excluding hydrogens is 248 g/mol. The third-order valence-electron chi connectivity index (χ3n) is 3.51. The Hall–Kier alpha value is -2.13. The van der Waals surface area contributed by atoms with Crippen molar-refractivity contribution in [2.24, 2.45) is 5.73 Å². The molecule has 104 valence electrons. The highest BCUT2D eigenvalue weighted by atomic mass is 16.1. The summed E-state index contributed by atoms with van der Waals surface area (Å²) in [5.41, 5.74) is 10.1. The predicted octanol–water partition coefficient (Wildman–Crippen LogP) is 3.33. The zero-order valence-electron chi connectivity index (χ0n) is 11.9. The van der Waals surface area contributed by atoms with Crippen molar-refractivity contribution in [3.63, 3.8) is 0 Å². The van der Waals surface area contributed by atoms with Gasteiger partial charge < -0.3 is 11.1 Å². The van der Waals surface area contributed by atoms with Crippen molar-refractivity contribution >= 4 is 11.6 Å². The Bertz CT molecular complexity index is 593. The van der Waals surface area contributed by atoms with Gasteiger partial charge in [-0.2, -0.15) is 0 Å². The summed E-state index contributed by atoms with van der Waals surface area (Å²) < 4.78 is 0. The lowest BCUT2D eigenvalue weighted by Crippen LogP contribution is -2.21. The summed E-state index contributed by atoms with van der Waals surface area (Å²) in [6.45, 7) is 4.03. The highest BCUT2D eigenvalue weighted by Gasteiger charge is 2.12. The van der Waals surface area contributed by atoms with Gasteiger partial charge in [0, 0.05) is 18.2 Å². The van der Waals surface area contributed by atoms with E-state index in [-0.39, 0.29) is 18.4 Å². The highest BCUT2D eigenvalue weighted by molar-refractivity contribution is 5.92. The van der Waals surface area contributed by atoms with Crippen molar-refractivity contribution in [1.29, 1.82) is 0 Å². The summed E-state index contributed by atoms with van der Waals surface area (Å²) in [6, 6.07) is 15.3. The molecule has 0 bridgehead atoms. The van der Waals surface area contributed by atoms with Crippen LogP contribution in [-0.4, -0.2) is 5.91 Å². The van der Waals surface area contributed by atoms with E-state index in [0.29, 0.717) is 0 Å². The van der Waals surface area contributed by atoms with Gasteiger partial charge in [0.05, 0.1) is 0 Å². The molecule has 0 fully saturated rings. The molecule has 0 aliphatic carbocycles. The molecule has 0 aromatic heterocycles. The first-order valence-corrected chi connectivity index (χ1v) is 6.74. The summed E-state index contributed by atoms with van der Waals surface area (Å²) in [7, 11) is 0. The average Bonchev–Trinajstić information content (AvgIpc) is 2.45. The molecular formula is C17H20N2O. The van der Waals surface area contributed by atoms with E-state index in [4.69, 9.17) is 5.73 Å². The van der Waals surface area contributed by atoms with Crippen LogP contribution in [0.25, 0.3) is 0 Å². The van der Waals surface area contributed by atoms with E-state index in [1.54, 1.807) is 0 Å². The second kappa shape index (κ2) is 6.35. The third kappa shape index (κ3) is 3.45. The van der Waals surface area contributed by atoms with E-state index in [1.807, 2.05) is 62.4 Å². The van der Waals surface area contributed by atoms with Crippen molar-refractivity contribution in [2.45, 2.75) is 26.3 Å². The van der Waals surface area contributed by atoms with Gasteiger partial charge in [-0.3, -0.25) is 4.79 Å². The summed E-state index contributed by atoms with van der Waals surface area (Å²) in [6.07, 6.45) is 0.275. The standard InChI is InChI=1S/C17H20N2O/c1-12-7-6-10-16(13(12)2)19-17(20)11-15(18)14-8-4-3-5-9-14/h3-10,15H,11,18H2,1-2H3,(H,19,20). The van der Waals surface area contributed by atoms with Crippen LogP contribution < -0.4 is 11.1 Å². The molecule has 3 nitrogen and oxygen atoms in total. The van der Waals surface area contributed by atoms with Crippen LogP contribution in [0, 0.1) is 13.8 Å². The molecule has 0 aliphatic rings. The number of aryl methyl sites for hydroxylation is 1. The molecule has 0 aliphatic heterocycles. The van der Waals surface area contributed by atoms with Crippen molar-refractivity contribution < 1.29 is 4.79 Å². The lowest BCUT2D eigenvalue weighted by atomic mass is 10.0. The number of carbonyl (C=O) groups is 1. The monoisotopic (exact) mass is 268 g/mol. The van der Waals surface area contributed by atoms with Gasteiger partial charge >= 0.3 is 0 Å². The van der Waals surface area contributed by atoms with Gasteiger partial charge in [0.15, 0.2) is 0 Å². The quantitative estimate of drug-likeness (QED) is 0.893. The Kier molecular flexibility index (Phi) is 4.53. The molecule has 0 saturated heterocycles. The number of amides is 1. The Morgan fingerprint density at radius 3 is 2.50 bits per heavy atom. The molecule has 0 heterocycles. The SMILES string of the molecule is Cc1cccc(NC(=O)CC(N)c2ccccc2)c1C. The minimum absolute atomic E-state index is 0.0601. The Labute approximate surface area is 119 Å². The third-order valence-corrected chi connectivity index (χ3v) is 3.51. The van der Waals surface area contributed by atoms with E-state index in [9.17, 15) is 4.79 Å². The van der Waals surface area contributed by atoms with Crippen molar-refractivity contribution in [2.75, 3.05) is 5.32 Å². The fourth-order valence-electron chi connectivity index (χ4n) is 2.11. The number of nitrogens with two attached hydrogens (primary N) is 1. The van der Waals surface area contributed by atoms with E-state index in [2.05, 4.69) is 5.32 Å². The topological polar surface area (TPSA) is 55.1 Å². The maximum Gasteiger partial charge on any atom is 0.226 e. The van der Waals surface area contributed by atoms with Gasteiger partial charge in [-0.05, 0) is 36.6 Å². The Balaban J connectivity index is 2.01. The van der Waals surface area contributed by atoms with Gasteiger partial charge in [0.1, 0.15) is 0 Å². The molecule has 1 unspecified atom stereocenters. The zero-order valence-corrected chi connectivity index (χ0v) is 11.9. The fourth-order valence-corrected chi connectivity index (χ4v) is 2.11. The lowest BCUT2D eigenvalue weighted by molar-refractivity contribution is -0.116. The number of anilines is 1. The van der Waals surface area contributed by atoms with Crippen LogP contribution in [0.4, 0.5) is 5.69 Å². The molecule has 2 aromatic rings. The van der Waals surface area contributed by atoms with Gasteiger partial charge in [-0.1, -0.05) is 42.5 Å². The largest absolute Gasteiger partial charge is 0.326 e. The van der Waals surface area contributed by atoms with Gasteiger partial charge in [0.25, 0.3) is 0 Å². The molecule has 0 radical (unpaired) electrons. The van der Waals surface area contributed by atoms with Crippen molar-refractivity contribution in [1.82, 2.24) is 0 Å². The van der Waals surface area contributed by atoms with Gasteiger partial charge in [-0.15, -0.1) is 0 Å². The predicted molar refractivity (Wildman–Crippen MR) is 82.5 cm³/mol. The molecule has 3 N–H and O–H groups in total. The van der Waals surface area contributed by atoms with Crippen molar-refractivity contribution in [3.8, 4) is 0 Å². The number of nitrogens with one attached hydrogen (secondary N) is 1. The molecule has 2 rings (SSSR count). The van der Waals surface area contributed by atoms with Crippen LogP contribution in [-0.2, 0) is 4.79 Å². The minimum atomic E-state index is -0.277. The molecule has 0 spiro atoms. The summed E-state index contributed by atoms with van der Waals surface area (Å²) >= 11 is 0. The second-order valence-corrected chi connectivity index (χ2v) is 5.02. The normalized spacial score (nSPS) is 11.9. The number of hydrogen-bond acceptors (Lipinski definition) is 2. The van der Waals surface area contributed by atoms with Gasteiger partial charge in [-0.25, -0.2) is 0 Å². The number of carbonyl (C=O) groups excluding carboxylic acids is 1. The van der Waals surface area contributed by atoms with Crippen molar-refractivity contribution in [3.05, 3.63) is 65.2 Å². The Morgan fingerprint density at radius 2 is 1.80 bits per heavy atom. The zero-order chi connectivity index (χ0) is 14.5. The second-order valence-electron chi connectivity index (χ2n) is 5.02. The van der Waals surface area contributed by atoms with Gasteiger partial charge in [0.2, 0.25) is 5.91 Å². The van der Waals surface area contributed by atoms with Crippen LogP contribution in [0.15, 0.2) is 48.5 Å². The molecule has 3 heteroatoms. The summed E-state index contributed by atoms with van der Waals surface area (Å²) in [4.78, 5) is 12.1. The number of benzene rings is 2. The van der Waals surface area contributed by atoms with Crippen LogP contribution >= 0.6 is 0 Å². The van der Waals surface area contributed by atoms with E-state index in [0.717, 1.165) is 22.4 Å². The maximum absolute atomic E-state index is 12.1. The first-order chi connectivity index (χ1) is 9.58. The molecule has 1 amide bonds. The number of hydrogen-bond donors (Lipinski definition) is 2. The van der Waals surface area contributed by atoms with E-state index in [1.165, 1.54) is 0 Å².